The first kappa shape index (κ1) is 40.3. The van der Waals surface area contributed by atoms with Gasteiger partial charge < -0.3 is 37.5 Å². The van der Waals surface area contributed by atoms with Gasteiger partial charge in [0, 0.05) is 12.1 Å². The zero-order valence-corrected chi connectivity index (χ0v) is 30.7. The van der Waals surface area contributed by atoms with Gasteiger partial charge in [-0.1, -0.05) is 54.6 Å². The summed E-state index contributed by atoms with van der Waals surface area (Å²) in [4.78, 5) is 0. The van der Waals surface area contributed by atoms with Gasteiger partial charge >= 0.3 is 0 Å². The molecule has 0 amide bonds. The summed E-state index contributed by atoms with van der Waals surface area (Å²) >= 11 is 0. The Hall–Kier alpha value is -3.10. The maximum absolute atomic E-state index is 8.87. The lowest BCUT2D eigenvalue weighted by Crippen LogP contribution is -2.34. The minimum atomic E-state index is -1.27. The van der Waals surface area contributed by atoms with Crippen molar-refractivity contribution in [1.82, 2.24) is 4.67 Å². The van der Waals surface area contributed by atoms with E-state index in [1.807, 2.05) is 66.7 Å². The minimum Gasteiger partial charge on any atom is -0.497 e. The van der Waals surface area contributed by atoms with Crippen LogP contribution in [0.1, 0.15) is 50.8 Å². The van der Waals surface area contributed by atoms with Gasteiger partial charge in [-0.3, -0.25) is 0 Å². The van der Waals surface area contributed by atoms with Crippen molar-refractivity contribution in [2.24, 2.45) is 0 Å². The van der Waals surface area contributed by atoms with Crippen LogP contribution >= 0.6 is 8.53 Å². The van der Waals surface area contributed by atoms with Crippen LogP contribution in [0.5, 0.6) is 11.5 Å². The first-order valence-electron chi connectivity index (χ1n) is 16.8. The van der Waals surface area contributed by atoms with Crippen molar-refractivity contribution < 1.29 is 37.5 Å². The lowest BCUT2D eigenvalue weighted by atomic mass is 9.80. The van der Waals surface area contributed by atoms with Gasteiger partial charge in [-0.05, 0) is 68.7 Å². The zero-order chi connectivity index (χ0) is 35.3. The van der Waals surface area contributed by atoms with Crippen molar-refractivity contribution in [1.29, 1.82) is 5.26 Å². The second-order valence-corrected chi connectivity index (χ2v) is 13.0. The number of hydrogen-bond acceptors (Lipinski definition) is 10. The second kappa shape index (κ2) is 22.6. The van der Waals surface area contributed by atoms with E-state index in [0.717, 1.165) is 28.2 Å². The Morgan fingerprint density at radius 1 is 0.592 bits per heavy atom. The largest absolute Gasteiger partial charge is 0.497 e. The molecule has 0 heterocycles. The summed E-state index contributed by atoms with van der Waals surface area (Å²) in [5, 5.41) is 8.87. The molecule has 3 rings (SSSR count). The van der Waals surface area contributed by atoms with Crippen molar-refractivity contribution >= 4 is 8.53 Å². The average molecular weight is 697 g/mol. The summed E-state index contributed by atoms with van der Waals surface area (Å²) in [5.41, 5.74) is 2.06. The molecule has 0 aliphatic rings. The normalized spacial score (nSPS) is 12.4. The van der Waals surface area contributed by atoms with Crippen molar-refractivity contribution in [2.75, 3.05) is 73.7 Å². The molecule has 10 nitrogen and oxygen atoms in total. The topological polar surface area (TPSA) is 101 Å². The fraction of sp³-hybridized carbons (Fsp3) is 0.500. The third-order valence-electron chi connectivity index (χ3n) is 7.56. The summed E-state index contributed by atoms with van der Waals surface area (Å²) in [6, 6.07) is 28.7. The van der Waals surface area contributed by atoms with E-state index in [0.29, 0.717) is 65.9 Å². The van der Waals surface area contributed by atoms with E-state index < -0.39 is 14.1 Å². The highest BCUT2D eigenvalue weighted by atomic mass is 31.2. The molecule has 0 spiro atoms. The molecule has 0 fully saturated rings. The van der Waals surface area contributed by atoms with Crippen LogP contribution in [0.25, 0.3) is 0 Å². The van der Waals surface area contributed by atoms with Crippen LogP contribution in [0.15, 0.2) is 78.9 Å². The van der Waals surface area contributed by atoms with Crippen LogP contribution in [0.4, 0.5) is 0 Å². The minimum absolute atomic E-state index is 0.254. The summed E-state index contributed by atoms with van der Waals surface area (Å²) in [6.07, 6.45) is 0.332. The van der Waals surface area contributed by atoms with Crippen molar-refractivity contribution in [2.45, 2.75) is 51.8 Å². The van der Waals surface area contributed by atoms with Crippen LogP contribution in [-0.2, 0) is 33.6 Å². The Balaban J connectivity index is 1.45. The fourth-order valence-electron chi connectivity index (χ4n) is 5.36. The number of ether oxygens (including phenoxy) is 6. The Morgan fingerprint density at radius 3 is 1.47 bits per heavy atom. The smallest absolute Gasteiger partial charge is 0.259 e. The molecule has 0 aliphatic carbocycles. The second-order valence-electron chi connectivity index (χ2n) is 11.6. The molecule has 0 aromatic heterocycles. The van der Waals surface area contributed by atoms with E-state index in [9.17, 15) is 0 Å². The molecule has 3 aromatic carbocycles. The SMILES string of the molecule is COc1ccc(C(OCCOCCOCCOCCOP(OCCC#N)N(C(C)C)C(C)C)(c2ccccc2)c2ccc(OC)cc2)cc1. The van der Waals surface area contributed by atoms with Crippen LogP contribution in [0.2, 0.25) is 0 Å². The van der Waals surface area contributed by atoms with E-state index in [1.54, 1.807) is 14.2 Å². The molecule has 0 saturated carbocycles. The Bertz CT molecular complexity index is 1280. The lowest BCUT2D eigenvalue weighted by Gasteiger charge is -2.36. The zero-order valence-electron chi connectivity index (χ0n) is 29.8. The van der Waals surface area contributed by atoms with Gasteiger partial charge in [0.25, 0.3) is 8.53 Å². The maximum Gasteiger partial charge on any atom is 0.259 e. The summed E-state index contributed by atoms with van der Waals surface area (Å²) < 4.78 is 49.1. The third-order valence-corrected chi connectivity index (χ3v) is 9.66. The highest BCUT2D eigenvalue weighted by molar-refractivity contribution is 7.44. The number of rotatable bonds is 25. The molecule has 1 unspecified atom stereocenters. The molecule has 0 aliphatic heterocycles. The lowest BCUT2D eigenvalue weighted by molar-refractivity contribution is -0.0374. The maximum atomic E-state index is 8.87. The summed E-state index contributed by atoms with van der Waals surface area (Å²) in [7, 11) is 2.05. The van der Waals surface area contributed by atoms with E-state index in [1.165, 1.54) is 0 Å². The first-order valence-corrected chi connectivity index (χ1v) is 17.9. The molecule has 0 saturated heterocycles. The molecule has 1 atom stereocenters. The fourth-order valence-corrected chi connectivity index (χ4v) is 6.93. The van der Waals surface area contributed by atoms with Crippen molar-refractivity contribution in [3.05, 3.63) is 95.6 Å². The highest BCUT2D eigenvalue weighted by Gasteiger charge is 2.37. The predicted octanol–water partition coefficient (Wildman–Crippen LogP) is 7.35. The van der Waals surface area contributed by atoms with Crippen LogP contribution in [0.3, 0.4) is 0 Å². The monoisotopic (exact) mass is 696 g/mol. The highest BCUT2D eigenvalue weighted by Crippen LogP contribution is 2.46. The number of benzene rings is 3. The van der Waals surface area contributed by atoms with E-state index in [-0.39, 0.29) is 12.1 Å². The molecule has 268 valence electrons. The van der Waals surface area contributed by atoms with E-state index in [2.05, 4.69) is 50.6 Å². The average Bonchev–Trinajstić information content (AvgIpc) is 3.12. The van der Waals surface area contributed by atoms with Gasteiger partial charge in [0.2, 0.25) is 0 Å². The number of methoxy groups -OCH3 is 2. The number of nitriles is 1. The predicted molar refractivity (Wildman–Crippen MR) is 192 cm³/mol. The van der Waals surface area contributed by atoms with Gasteiger partial charge in [-0.15, -0.1) is 0 Å². The molecule has 49 heavy (non-hydrogen) atoms. The first-order chi connectivity index (χ1) is 23.9. The molecule has 0 radical (unpaired) electrons. The van der Waals surface area contributed by atoms with Gasteiger partial charge in [-0.25, -0.2) is 4.67 Å². The molecule has 0 N–H and O–H groups in total. The standard InChI is InChI=1S/C38H53N2O8P/c1-31(2)40(32(3)4)49(47-22-10-21-39)48-30-28-45-26-24-43-23-25-44-27-29-46-38(33-11-8-7-9-12-33,34-13-17-36(41-5)18-14-34)35-15-19-37(42-6)20-16-35/h7-9,11-20,31-32H,10,22-30H2,1-6H3. The van der Waals surface area contributed by atoms with E-state index >= 15 is 0 Å². The molecular weight excluding hydrogens is 643 g/mol. The quantitative estimate of drug-likeness (QED) is 0.0508. The molecule has 3 aromatic rings. The van der Waals surface area contributed by atoms with Gasteiger partial charge in [0.15, 0.2) is 0 Å². The van der Waals surface area contributed by atoms with Gasteiger partial charge in [-0.2, -0.15) is 5.26 Å². The third kappa shape index (κ3) is 12.6. The number of hydrogen-bond donors (Lipinski definition) is 0. The Kier molecular flexibility index (Phi) is 18.6. The van der Waals surface area contributed by atoms with Crippen molar-refractivity contribution in [3.8, 4) is 17.6 Å². The summed E-state index contributed by atoms with van der Waals surface area (Å²) in [6.45, 7) is 12.1. The van der Waals surface area contributed by atoms with E-state index in [4.69, 9.17) is 42.7 Å². The summed E-state index contributed by atoms with van der Waals surface area (Å²) in [5.74, 6) is 1.55. The molecule has 11 heteroatoms. The molecular formula is C38H53N2O8P. The molecule has 0 bridgehead atoms. The van der Waals surface area contributed by atoms with Crippen LogP contribution in [0, 0.1) is 11.3 Å². The van der Waals surface area contributed by atoms with Crippen molar-refractivity contribution in [3.63, 3.8) is 0 Å². The van der Waals surface area contributed by atoms with Crippen LogP contribution in [-0.4, -0.2) is 90.4 Å². The Morgan fingerprint density at radius 2 is 1.02 bits per heavy atom. The van der Waals surface area contributed by atoms with Gasteiger partial charge in [0.05, 0.1) is 86.2 Å². The van der Waals surface area contributed by atoms with Crippen LogP contribution < -0.4 is 9.47 Å². The Labute approximate surface area is 294 Å². The van der Waals surface area contributed by atoms with Gasteiger partial charge in [0.1, 0.15) is 17.1 Å². The number of nitrogens with zero attached hydrogens (tertiary/aromatic N) is 2.